The van der Waals surface area contributed by atoms with Crippen molar-refractivity contribution in [3.05, 3.63) is 39.8 Å². The van der Waals surface area contributed by atoms with E-state index < -0.39 is 19.5 Å². The number of aryl methyl sites for hydroxylation is 1. The van der Waals surface area contributed by atoms with Gasteiger partial charge in [-0.1, -0.05) is 6.07 Å². The van der Waals surface area contributed by atoms with Crippen LogP contribution in [0, 0.1) is 0 Å². The normalized spacial score (nSPS) is 17.8. The maximum absolute atomic E-state index is 12.4. The smallest absolute Gasteiger partial charge is 0.522 e. The fourth-order valence-electron chi connectivity index (χ4n) is 3.35. The molecule has 0 bridgehead atoms. The van der Waals surface area contributed by atoms with Crippen molar-refractivity contribution >= 4 is 24.4 Å². The molecule has 2 aliphatic heterocycles. The van der Waals surface area contributed by atoms with E-state index in [2.05, 4.69) is 4.98 Å². The number of thiazole rings is 1. The number of rotatable bonds is 5. The van der Waals surface area contributed by atoms with E-state index in [0.29, 0.717) is 31.5 Å². The van der Waals surface area contributed by atoms with Gasteiger partial charge in [0.1, 0.15) is 23.6 Å². The Morgan fingerprint density at radius 3 is 2.89 bits per heavy atom. The molecule has 0 radical (unpaired) electrons. The van der Waals surface area contributed by atoms with Gasteiger partial charge in [0.25, 0.3) is 0 Å². The topological polar surface area (TPSA) is 138 Å². The van der Waals surface area contributed by atoms with E-state index in [0.717, 1.165) is 5.56 Å². The Balaban J connectivity index is 1.43. The molecule has 11 heteroatoms. The van der Waals surface area contributed by atoms with Crippen LogP contribution in [0.5, 0.6) is 11.5 Å². The van der Waals surface area contributed by atoms with Gasteiger partial charge in [0, 0.05) is 5.38 Å². The Labute approximate surface area is 165 Å². The Morgan fingerprint density at radius 1 is 1.43 bits per heavy atom. The van der Waals surface area contributed by atoms with Crippen molar-refractivity contribution in [1.29, 1.82) is 0 Å². The summed E-state index contributed by atoms with van der Waals surface area (Å²) in [5.41, 5.74) is 8.98. The summed E-state index contributed by atoms with van der Waals surface area (Å²) in [5.74, 6) is 0.262. The molecule has 1 amide bonds. The van der Waals surface area contributed by atoms with Gasteiger partial charge in [-0.05, 0) is 24.4 Å². The quantitative estimate of drug-likeness (QED) is 0.397. The molecule has 148 valence electrons. The van der Waals surface area contributed by atoms with Crippen LogP contribution in [0.2, 0.25) is 6.32 Å². The lowest BCUT2D eigenvalue weighted by Crippen LogP contribution is -2.58. The Kier molecular flexibility index (Phi) is 5.26. The van der Waals surface area contributed by atoms with Crippen LogP contribution in [-0.2, 0) is 11.2 Å². The van der Waals surface area contributed by atoms with Gasteiger partial charge in [-0.25, -0.2) is 4.98 Å². The van der Waals surface area contributed by atoms with Crippen molar-refractivity contribution in [3.8, 4) is 11.5 Å². The van der Waals surface area contributed by atoms with Crippen LogP contribution in [-0.4, -0.2) is 57.3 Å². The van der Waals surface area contributed by atoms with Crippen LogP contribution in [0.4, 0.5) is 0 Å². The van der Waals surface area contributed by atoms with Gasteiger partial charge in [0.15, 0.2) is 6.29 Å². The molecule has 2 aliphatic rings. The van der Waals surface area contributed by atoms with Gasteiger partial charge < -0.3 is 35.3 Å². The number of ether oxygens (including phenoxy) is 1. The van der Waals surface area contributed by atoms with Gasteiger partial charge in [0.05, 0.1) is 29.9 Å². The fourth-order valence-corrected chi connectivity index (χ4v) is 3.95. The molecule has 1 saturated heterocycles. The molecule has 4 rings (SSSR count). The number of fused-ring (bicyclic) bond motifs is 1. The lowest BCUT2D eigenvalue weighted by Gasteiger charge is -2.40. The van der Waals surface area contributed by atoms with E-state index in [1.807, 2.05) is 0 Å². The molecule has 0 saturated carbocycles. The predicted molar refractivity (Wildman–Crippen MR) is 101 cm³/mol. The van der Waals surface area contributed by atoms with Crippen LogP contribution >= 0.6 is 11.3 Å². The number of aromatic nitrogens is 1. The second-order valence-electron chi connectivity index (χ2n) is 6.82. The highest BCUT2D eigenvalue weighted by Crippen LogP contribution is 2.40. The molecule has 2 aromatic rings. The number of hydrogen-bond donors (Lipinski definition) is 4. The second-order valence-corrected chi connectivity index (χ2v) is 7.54. The molecule has 1 aromatic heterocycles. The fraction of sp³-hybridized carbons (Fsp3) is 0.412. The highest BCUT2D eigenvalue weighted by atomic mass is 32.1. The molecule has 1 atom stereocenters. The Hall–Kier alpha value is -2.18. The summed E-state index contributed by atoms with van der Waals surface area (Å²) in [6.07, 6.45) is -1.12. The van der Waals surface area contributed by atoms with Crippen LogP contribution in [0.25, 0.3) is 0 Å². The molecule has 1 unspecified atom stereocenters. The van der Waals surface area contributed by atoms with Gasteiger partial charge in [-0.2, -0.15) is 0 Å². The van der Waals surface area contributed by atoms with Crippen molar-refractivity contribution in [3.63, 3.8) is 0 Å². The van der Waals surface area contributed by atoms with Crippen LogP contribution in [0.3, 0.4) is 0 Å². The van der Waals surface area contributed by atoms with Crippen molar-refractivity contribution in [2.24, 2.45) is 5.73 Å². The average molecular weight is 405 g/mol. The molecule has 1 fully saturated rings. The predicted octanol–water partition coefficient (Wildman–Crippen LogP) is -0.169. The third-order valence-corrected chi connectivity index (χ3v) is 5.50. The summed E-state index contributed by atoms with van der Waals surface area (Å²) >= 11 is 1.38. The number of nitrogens with zero attached hydrogens (tertiary/aromatic N) is 2. The van der Waals surface area contributed by atoms with Crippen LogP contribution in [0.15, 0.2) is 23.0 Å². The molecule has 3 heterocycles. The van der Waals surface area contributed by atoms with Gasteiger partial charge in [0.2, 0.25) is 5.91 Å². The number of likely N-dealkylation sites (tertiary alicyclic amines) is 1. The number of carbonyl (C=O) groups is 1. The Morgan fingerprint density at radius 2 is 2.21 bits per heavy atom. The number of nitrogens with two attached hydrogens (primary N) is 1. The standard InChI is InChI=1S/C17H20BN3O6S/c19-14(11-7-28-8-20-11)16(22)21-5-10(6-21)26-12-2-1-9-3-4-18(25)27-15(9)13(12)17(23)24/h1-2,7-8,10,14,17,23-25H,3-6,19H2. The number of amides is 1. The zero-order valence-electron chi connectivity index (χ0n) is 14.9. The minimum absolute atomic E-state index is 0.0835. The number of carbonyl (C=O) groups excluding carboxylic acids is 1. The van der Waals surface area contributed by atoms with E-state index in [9.17, 15) is 20.0 Å². The minimum Gasteiger partial charge on any atom is -0.535 e. The molecule has 1 aromatic carbocycles. The maximum Gasteiger partial charge on any atom is 0.522 e. The molecule has 5 N–H and O–H groups in total. The van der Waals surface area contributed by atoms with Crippen LogP contribution < -0.4 is 15.1 Å². The number of aliphatic hydroxyl groups is 2. The van der Waals surface area contributed by atoms with E-state index in [4.69, 9.17) is 15.1 Å². The SMILES string of the molecule is NC(C(=O)N1CC(Oc2ccc3c(c2C(O)O)OB(O)CC3)C1)c1cscn1. The summed E-state index contributed by atoms with van der Waals surface area (Å²) in [7, 11) is -0.996. The number of benzene rings is 1. The monoisotopic (exact) mass is 405 g/mol. The summed E-state index contributed by atoms with van der Waals surface area (Å²) in [6.45, 7) is 0.663. The average Bonchev–Trinajstić information content (AvgIpc) is 3.17. The summed E-state index contributed by atoms with van der Waals surface area (Å²) in [4.78, 5) is 18.0. The van der Waals surface area contributed by atoms with Crippen molar-refractivity contribution in [1.82, 2.24) is 9.88 Å². The summed E-state index contributed by atoms with van der Waals surface area (Å²) in [5, 5.41) is 31.1. The third-order valence-electron chi connectivity index (χ3n) is 4.90. The van der Waals surface area contributed by atoms with Crippen molar-refractivity contribution in [2.45, 2.75) is 31.2 Å². The van der Waals surface area contributed by atoms with Gasteiger partial charge in [-0.3, -0.25) is 4.79 Å². The second kappa shape index (κ2) is 7.68. The molecule has 0 aliphatic carbocycles. The first-order chi connectivity index (χ1) is 13.4. The zero-order valence-corrected chi connectivity index (χ0v) is 15.7. The highest BCUT2D eigenvalue weighted by molar-refractivity contribution is 7.07. The Bertz CT molecular complexity index is 859. The first kappa shape index (κ1) is 19.2. The zero-order chi connectivity index (χ0) is 19.8. The van der Waals surface area contributed by atoms with E-state index in [-0.39, 0.29) is 29.1 Å². The number of hydrogen-bond acceptors (Lipinski definition) is 9. The van der Waals surface area contributed by atoms with Crippen molar-refractivity contribution < 1.29 is 29.4 Å². The summed E-state index contributed by atoms with van der Waals surface area (Å²) < 4.78 is 11.3. The molecular weight excluding hydrogens is 385 g/mol. The lowest BCUT2D eigenvalue weighted by atomic mass is 9.78. The molecule has 28 heavy (non-hydrogen) atoms. The molecule has 0 spiro atoms. The van der Waals surface area contributed by atoms with E-state index in [1.54, 1.807) is 27.9 Å². The molecular formula is C17H20BN3O6S. The molecule has 9 nitrogen and oxygen atoms in total. The number of aliphatic hydroxyl groups excluding tert-OH is 1. The third kappa shape index (κ3) is 3.59. The highest BCUT2D eigenvalue weighted by Gasteiger charge is 2.37. The van der Waals surface area contributed by atoms with Gasteiger partial charge in [-0.15, -0.1) is 11.3 Å². The largest absolute Gasteiger partial charge is 0.535 e. The summed E-state index contributed by atoms with van der Waals surface area (Å²) in [6, 6.07) is 2.63. The van der Waals surface area contributed by atoms with Crippen LogP contribution in [0.1, 0.15) is 29.2 Å². The van der Waals surface area contributed by atoms with E-state index in [1.165, 1.54) is 11.3 Å². The lowest BCUT2D eigenvalue weighted by molar-refractivity contribution is -0.141. The van der Waals surface area contributed by atoms with Crippen molar-refractivity contribution in [2.75, 3.05) is 13.1 Å². The first-order valence-electron chi connectivity index (χ1n) is 8.89. The minimum atomic E-state index is -1.81. The first-order valence-corrected chi connectivity index (χ1v) is 9.84. The maximum atomic E-state index is 12.4. The van der Waals surface area contributed by atoms with Gasteiger partial charge >= 0.3 is 7.12 Å². The van der Waals surface area contributed by atoms with E-state index >= 15 is 0 Å².